The van der Waals surface area contributed by atoms with Gasteiger partial charge in [-0.15, -0.1) is 0 Å². The highest BCUT2D eigenvalue weighted by Crippen LogP contribution is 2.41. The summed E-state index contributed by atoms with van der Waals surface area (Å²) in [6, 6.07) is 60.1. The minimum atomic E-state index is 0.658. The summed E-state index contributed by atoms with van der Waals surface area (Å²) in [7, 11) is 0. The number of nitrogens with zero attached hydrogens (tertiary/aromatic N) is 3. The van der Waals surface area contributed by atoms with Gasteiger partial charge in [0.2, 0.25) is 0 Å². The van der Waals surface area contributed by atoms with Gasteiger partial charge < -0.3 is 8.83 Å². The van der Waals surface area contributed by atoms with Crippen LogP contribution in [0.25, 0.3) is 111 Å². The van der Waals surface area contributed by atoms with Crippen molar-refractivity contribution in [1.82, 2.24) is 15.0 Å². The van der Waals surface area contributed by atoms with Crippen molar-refractivity contribution in [3.05, 3.63) is 176 Å². The highest BCUT2D eigenvalue weighted by molar-refractivity contribution is 6.19. The predicted molar refractivity (Wildman–Crippen MR) is 219 cm³/mol. The monoisotopic (exact) mass is 691 g/mol. The maximum Gasteiger partial charge on any atom is 0.160 e. The van der Waals surface area contributed by atoms with Gasteiger partial charge in [0.05, 0.1) is 28.0 Å². The summed E-state index contributed by atoms with van der Waals surface area (Å²) in [6.45, 7) is 0. The first-order chi connectivity index (χ1) is 26.7. The molecule has 252 valence electrons. The molecule has 11 aromatic rings. The first-order valence-electron chi connectivity index (χ1n) is 18.0. The number of hydrogen-bond acceptors (Lipinski definition) is 5. The average molecular weight is 692 g/mol. The summed E-state index contributed by atoms with van der Waals surface area (Å²) in [5.74, 6) is 0.658. The molecule has 0 fully saturated rings. The summed E-state index contributed by atoms with van der Waals surface area (Å²) >= 11 is 0. The normalized spacial score (nSPS) is 11.7. The molecule has 0 aliphatic heterocycles. The largest absolute Gasteiger partial charge is 0.455 e. The number of aromatic nitrogens is 3. The zero-order valence-electron chi connectivity index (χ0n) is 28.9. The molecule has 11 rings (SSSR count). The molecule has 0 aliphatic rings. The highest BCUT2D eigenvalue weighted by Gasteiger charge is 2.19. The second-order valence-electron chi connectivity index (χ2n) is 13.6. The summed E-state index contributed by atoms with van der Waals surface area (Å²) in [5, 5.41) is 5.26. The van der Waals surface area contributed by atoms with Gasteiger partial charge in [-0.2, -0.15) is 0 Å². The topological polar surface area (TPSA) is 65.0 Å². The molecule has 0 aliphatic carbocycles. The van der Waals surface area contributed by atoms with Crippen molar-refractivity contribution in [3.8, 4) is 56.3 Å². The summed E-state index contributed by atoms with van der Waals surface area (Å²) in [5.41, 5.74) is 12.8. The third kappa shape index (κ3) is 4.90. The quantitative estimate of drug-likeness (QED) is 0.180. The van der Waals surface area contributed by atoms with E-state index < -0.39 is 0 Å². The summed E-state index contributed by atoms with van der Waals surface area (Å²) in [4.78, 5) is 15.6. The number of pyridine rings is 1. The molecule has 54 heavy (non-hydrogen) atoms. The first kappa shape index (κ1) is 30.3. The van der Waals surface area contributed by atoms with Crippen LogP contribution in [-0.4, -0.2) is 15.0 Å². The van der Waals surface area contributed by atoms with Crippen LogP contribution in [0.15, 0.2) is 185 Å². The zero-order valence-corrected chi connectivity index (χ0v) is 28.9. The standard InChI is InChI=1S/C49H29N3O2/c1-2-13-30(14-3-1)49-51-41(32-16-10-15-31(27-32)35-22-12-23-37-36-19-5-8-25-43(36)53-47(35)37)29-42(52-49)33-17-11-18-34(28-33)46-45-39-21-6-9-26-44(39)54-48(45)38-20-4-7-24-40(38)50-46/h1-29H. The highest BCUT2D eigenvalue weighted by atomic mass is 16.3. The first-order valence-corrected chi connectivity index (χ1v) is 18.0. The average Bonchev–Trinajstić information content (AvgIpc) is 3.83. The van der Waals surface area contributed by atoms with Crippen molar-refractivity contribution < 1.29 is 8.83 Å². The fourth-order valence-corrected chi connectivity index (χ4v) is 7.72. The molecule has 0 saturated carbocycles. The van der Waals surface area contributed by atoms with Crippen LogP contribution in [-0.2, 0) is 0 Å². The maximum atomic E-state index is 6.49. The molecule has 0 saturated heterocycles. The fourth-order valence-electron chi connectivity index (χ4n) is 7.72. The Kier molecular flexibility index (Phi) is 6.79. The third-order valence-electron chi connectivity index (χ3n) is 10.3. The van der Waals surface area contributed by atoms with Gasteiger partial charge in [-0.1, -0.05) is 133 Å². The van der Waals surface area contributed by atoms with Crippen molar-refractivity contribution in [2.75, 3.05) is 0 Å². The van der Waals surface area contributed by atoms with E-state index in [0.717, 1.165) is 105 Å². The lowest BCUT2D eigenvalue weighted by Crippen LogP contribution is -1.96. The Morgan fingerprint density at radius 2 is 0.907 bits per heavy atom. The number of para-hydroxylation sites is 4. The lowest BCUT2D eigenvalue weighted by molar-refractivity contribution is 0.670. The van der Waals surface area contributed by atoms with E-state index >= 15 is 0 Å². The SMILES string of the molecule is c1ccc(-c2nc(-c3cccc(-c4cccc5c4oc4ccccc45)c3)cc(-c3cccc(-c4nc5ccccc5c5oc6ccccc6c45)c3)n2)cc1. The van der Waals surface area contributed by atoms with Crippen molar-refractivity contribution in [3.63, 3.8) is 0 Å². The van der Waals surface area contributed by atoms with Crippen LogP contribution >= 0.6 is 0 Å². The van der Waals surface area contributed by atoms with Crippen molar-refractivity contribution in [2.24, 2.45) is 0 Å². The number of benzene rings is 7. The van der Waals surface area contributed by atoms with Gasteiger partial charge >= 0.3 is 0 Å². The Balaban J connectivity index is 1.08. The van der Waals surface area contributed by atoms with Gasteiger partial charge in [-0.25, -0.2) is 15.0 Å². The molecular weight excluding hydrogens is 663 g/mol. The van der Waals surface area contributed by atoms with Crippen LogP contribution in [0.1, 0.15) is 0 Å². The molecule has 0 radical (unpaired) electrons. The minimum Gasteiger partial charge on any atom is -0.455 e. The van der Waals surface area contributed by atoms with E-state index in [-0.39, 0.29) is 0 Å². The van der Waals surface area contributed by atoms with Crippen LogP contribution in [0, 0.1) is 0 Å². The van der Waals surface area contributed by atoms with Crippen LogP contribution in [0.5, 0.6) is 0 Å². The van der Waals surface area contributed by atoms with Gasteiger partial charge in [0.1, 0.15) is 22.3 Å². The summed E-state index contributed by atoms with van der Waals surface area (Å²) < 4.78 is 12.9. The number of fused-ring (bicyclic) bond motifs is 8. The number of hydrogen-bond donors (Lipinski definition) is 0. The van der Waals surface area contributed by atoms with Crippen LogP contribution in [0.4, 0.5) is 0 Å². The molecule has 0 unspecified atom stereocenters. The predicted octanol–water partition coefficient (Wildman–Crippen LogP) is 13.2. The van der Waals surface area contributed by atoms with Crippen molar-refractivity contribution in [2.45, 2.75) is 0 Å². The molecule has 5 nitrogen and oxygen atoms in total. The smallest absolute Gasteiger partial charge is 0.160 e. The van der Waals surface area contributed by atoms with Gasteiger partial charge in [-0.3, -0.25) is 0 Å². The van der Waals surface area contributed by atoms with Gasteiger partial charge in [-0.05, 0) is 48.0 Å². The lowest BCUT2D eigenvalue weighted by atomic mass is 9.98. The molecule has 4 aromatic heterocycles. The molecule has 0 atom stereocenters. The van der Waals surface area contributed by atoms with Crippen molar-refractivity contribution >= 4 is 54.8 Å². The van der Waals surface area contributed by atoms with Gasteiger partial charge in [0.25, 0.3) is 0 Å². The Hall–Kier alpha value is -7.37. The Morgan fingerprint density at radius 3 is 1.70 bits per heavy atom. The molecule has 0 N–H and O–H groups in total. The molecule has 4 heterocycles. The van der Waals surface area contributed by atoms with Gasteiger partial charge in [0, 0.05) is 49.4 Å². The lowest BCUT2D eigenvalue weighted by Gasteiger charge is -2.12. The molecule has 7 aromatic carbocycles. The zero-order chi connectivity index (χ0) is 35.6. The van der Waals surface area contributed by atoms with Gasteiger partial charge in [0.15, 0.2) is 5.82 Å². The second kappa shape index (κ2) is 12.1. The van der Waals surface area contributed by atoms with Crippen LogP contribution in [0.3, 0.4) is 0 Å². The molecule has 5 heteroatoms. The van der Waals surface area contributed by atoms with E-state index in [9.17, 15) is 0 Å². The second-order valence-corrected chi connectivity index (χ2v) is 13.6. The fraction of sp³-hybridized carbons (Fsp3) is 0. The van der Waals surface area contributed by atoms with E-state index in [4.69, 9.17) is 23.8 Å². The van der Waals surface area contributed by atoms with Crippen LogP contribution < -0.4 is 0 Å². The maximum absolute atomic E-state index is 6.49. The molecule has 0 bridgehead atoms. The Bertz CT molecular complexity index is 3230. The molecule has 0 amide bonds. The van der Waals surface area contributed by atoms with E-state index in [0.29, 0.717) is 5.82 Å². The minimum absolute atomic E-state index is 0.658. The number of rotatable bonds is 5. The van der Waals surface area contributed by atoms with E-state index in [1.54, 1.807) is 0 Å². The molecular formula is C49H29N3O2. The Morgan fingerprint density at radius 1 is 0.352 bits per heavy atom. The summed E-state index contributed by atoms with van der Waals surface area (Å²) in [6.07, 6.45) is 0. The van der Waals surface area contributed by atoms with E-state index in [1.807, 2.05) is 66.7 Å². The Labute approximate surface area is 309 Å². The van der Waals surface area contributed by atoms with Crippen LogP contribution in [0.2, 0.25) is 0 Å². The molecule has 0 spiro atoms. The number of furan rings is 2. The van der Waals surface area contributed by atoms with Crippen molar-refractivity contribution in [1.29, 1.82) is 0 Å². The van der Waals surface area contributed by atoms with E-state index in [1.165, 1.54) is 0 Å². The van der Waals surface area contributed by atoms with E-state index in [2.05, 4.69) is 109 Å². The third-order valence-corrected chi connectivity index (χ3v) is 10.3.